The van der Waals surface area contributed by atoms with E-state index in [1.165, 1.54) is 13.0 Å². The number of allylic oxidation sites excluding steroid dienone is 4. The fourth-order valence-corrected chi connectivity index (χ4v) is 0.905. The summed E-state index contributed by atoms with van der Waals surface area (Å²) in [6, 6.07) is 0. The highest BCUT2D eigenvalue weighted by Gasteiger charge is 2.08. The maximum atomic E-state index is 12.3. The number of ketones is 1. The van der Waals surface area contributed by atoms with Gasteiger partial charge in [-0.15, -0.1) is 0 Å². The van der Waals surface area contributed by atoms with Gasteiger partial charge >= 0.3 is 0 Å². The largest absolute Gasteiger partial charge is 0.295 e. The van der Waals surface area contributed by atoms with Crippen molar-refractivity contribution in [1.82, 2.24) is 0 Å². The summed E-state index contributed by atoms with van der Waals surface area (Å²) in [4.78, 5) is 10.7. The van der Waals surface area contributed by atoms with E-state index in [1.54, 1.807) is 6.08 Å². The SMILES string of the molecule is CC(=O)C1=CC=C(F)CC1. The molecule has 0 unspecified atom stereocenters. The summed E-state index contributed by atoms with van der Waals surface area (Å²) >= 11 is 0. The number of carbonyl (C=O) groups is 1. The van der Waals surface area contributed by atoms with Gasteiger partial charge in [-0.25, -0.2) is 4.39 Å². The Hall–Kier alpha value is -0.920. The van der Waals surface area contributed by atoms with E-state index in [0.29, 0.717) is 12.8 Å². The topological polar surface area (TPSA) is 17.1 Å². The maximum absolute atomic E-state index is 12.3. The molecule has 1 rings (SSSR count). The van der Waals surface area contributed by atoms with E-state index in [0.717, 1.165) is 5.57 Å². The van der Waals surface area contributed by atoms with Crippen molar-refractivity contribution in [2.75, 3.05) is 0 Å². The Bertz CT molecular complexity index is 213. The first-order valence-corrected chi connectivity index (χ1v) is 3.26. The Labute approximate surface area is 59.2 Å². The van der Waals surface area contributed by atoms with Crippen LogP contribution in [-0.2, 0) is 4.79 Å². The minimum absolute atomic E-state index is 0.0451. The summed E-state index contributed by atoms with van der Waals surface area (Å²) in [6.45, 7) is 1.50. The van der Waals surface area contributed by atoms with Crippen molar-refractivity contribution >= 4 is 5.78 Å². The van der Waals surface area contributed by atoms with Crippen LogP contribution >= 0.6 is 0 Å². The second-order valence-electron chi connectivity index (χ2n) is 2.36. The molecule has 0 saturated heterocycles. The summed E-state index contributed by atoms with van der Waals surface area (Å²) in [7, 11) is 0. The molecule has 0 fully saturated rings. The second kappa shape index (κ2) is 2.78. The Morgan fingerprint density at radius 1 is 1.50 bits per heavy atom. The summed E-state index contributed by atoms with van der Waals surface area (Å²) in [5.41, 5.74) is 0.724. The minimum Gasteiger partial charge on any atom is -0.295 e. The van der Waals surface area contributed by atoms with Gasteiger partial charge in [-0.1, -0.05) is 6.08 Å². The number of carbonyl (C=O) groups excluding carboxylic acids is 1. The van der Waals surface area contributed by atoms with Crippen molar-refractivity contribution in [3.63, 3.8) is 0 Å². The molecular formula is C8H9FO. The summed E-state index contributed by atoms with van der Waals surface area (Å²) < 4.78 is 12.3. The molecule has 0 heterocycles. The van der Waals surface area contributed by atoms with Gasteiger partial charge < -0.3 is 0 Å². The first kappa shape index (κ1) is 7.19. The first-order chi connectivity index (χ1) is 4.70. The minimum atomic E-state index is -0.134. The Morgan fingerprint density at radius 3 is 2.60 bits per heavy atom. The molecule has 1 aliphatic rings. The third kappa shape index (κ3) is 1.53. The van der Waals surface area contributed by atoms with E-state index in [1.807, 2.05) is 0 Å². The van der Waals surface area contributed by atoms with Crippen LogP contribution in [0.15, 0.2) is 23.6 Å². The molecule has 0 saturated carbocycles. The number of hydrogen-bond donors (Lipinski definition) is 0. The molecule has 2 heteroatoms. The zero-order valence-corrected chi connectivity index (χ0v) is 5.86. The van der Waals surface area contributed by atoms with Crippen molar-refractivity contribution in [3.05, 3.63) is 23.6 Å². The number of hydrogen-bond acceptors (Lipinski definition) is 1. The van der Waals surface area contributed by atoms with Crippen molar-refractivity contribution in [1.29, 1.82) is 0 Å². The molecule has 0 spiro atoms. The lowest BCUT2D eigenvalue weighted by Gasteiger charge is -2.05. The van der Waals surface area contributed by atoms with Crippen LogP contribution in [0.25, 0.3) is 0 Å². The predicted octanol–water partition coefficient (Wildman–Crippen LogP) is 2.15. The third-order valence-corrected chi connectivity index (χ3v) is 1.55. The predicted molar refractivity (Wildman–Crippen MR) is 37.2 cm³/mol. The van der Waals surface area contributed by atoms with Gasteiger partial charge in [-0.2, -0.15) is 0 Å². The van der Waals surface area contributed by atoms with Gasteiger partial charge in [0, 0.05) is 6.42 Å². The monoisotopic (exact) mass is 140 g/mol. The van der Waals surface area contributed by atoms with E-state index < -0.39 is 0 Å². The van der Waals surface area contributed by atoms with E-state index >= 15 is 0 Å². The van der Waals surface area contributed by atoms with Crippen molar-refractivity contribution in [2.24, 2.45) is 0 Å². The summed E-state index contributed by atoms with van der Waals surface area (Å²) in [6.07, 6.45) is 3.85. The fraction of sp³-hybridized carbons (Fsp3) is 0.375. The average molecular weight is 140 g/mol. The molecule has 1 aliphatic carbocycles. The second-order valence-corrected chi connectivity index (χ2v) is 2.36. The number of halogens is 1. The molecule has 54 valence electrons. The highest BCUT2D eigenvalue weighted by Crippen LogP contribution is 2.18. The molecule has 0 aromatic carbocycles. The van der Waals surface area contributed by atoms with Crippen LogP contribution in [0.4, 0.5) is 4.39 Å². The normalized spacial score (nSPS) is 17.8. The molecule has 0 aliphatic heterocycles. The molecule has 0 bridgehead atoms. The molecular weight excluding hydrogens is 131 g/mol. The van der Waals surface area contributed by atoms with Crippen LogP contribution in [0, 0.1) is 0 Å². The standard InChI is InChI=1S/C8H9FO/c1-6(10)7-2-4-8(9)5-3-7/h2,4H,3,5H2,1H3. The summed E-state index contributed by atoms with van der Waals surface area (Å²) in [5, 5.41) is 0. The highest BCUT2D eigenvalue weighted by atomic mass is 19.1. The van der Waals surface area contributed by atoms with Crippen molar-refractivity contribution < 1.29 is 9.18 Å². The molecule has 0 atom stereocenters. The molecule has 1 nitrogen and oxygen atoms in total. The number of Topliss-reactive ketones (excluding diaryl/α,β-unsaturated/α-hetero) is 1. The maximum Gasteiger partial charge on any atom is 0.155 e. The van der Waals surface area contributed by atoms with Gasteiger partial charge in [-0.3, -0.25) is 4.79 Å². The van der Waals surface area contributed by atoms with E-state index in [4.69, 9.17) is 0 Å². The van der Waals surface area contributed by atoms with Crippen LogP contribution in [-0.4, -0.2) is 5.78 Å². The first-order valence-electron chi connectivity index (χ1n) is 3.26. The zero-order chi connectivity index (χ0) is 7.56. The lowest BCUT2D eigenvalue weighted by atomic mass is 10.0. The highest BCUT2D eigenvalue weighted by molar-refractivity contribution is 5.93. The lowest BCUT2D eigenvalue weighted by Crippen LogP contribution is -1.99. The smallest absolute Gasteiger partial charge is 0.155 e. The lowest BCUT2D eigenvalue weighted by molar-refractivity contribution is -0.113. The van der Waals surface area contributed by atoms with Crippen LogP contribution in [0.1, 0.15) is 19.8 Å². The van der Waals surface area contributed by atoms with Gasteiger partial charge in [0.2, 0.25) is 0 Å². The van der Waals surface area contributed by atoms with E-state index in [-0.39, 0.29) is 11.6 Å². The summed E-state index contributed by atoms with van der Waals surface area (Å²) in [5.74, 6) is -0.0891. The molecule has 0 aromatic rings. The molecule has 0 radical (unpaired) electrons. The quantitative estimate of drug-likeness (QED) is 0.545. The fourth-order valence-electron chi connectivity index (χ4n) is 0.905. The average Bonchev–Trinajstić information content (AvgIpc) is 1.88. The van der Waals surface area contributed by atoms with Crippen LogP contribution in [0.2, 0.25) is 0 Å². The number of rotatable bonds is 1. The van der Waals surface area contributed by atoms with Crippen LogP contribution in [0.5, 0.6) is 0 Å². The third-order valence-electron chi connectivity index (χ3n) is 1.55. The van der Waals surface area contributed by atoms with Crippen molar-refractivity contribution in [2.45, 2.75) is 19.8 Å². The molecule has 0 N–H and O–H groups in total. The molecule has 0 amide bonds. The zero-order valence-electron chi connectivity index (χ0n) is 5.86. The van der Waals surface area contributed by atoms with Crippen LogP contribution < -0.4 is 0 Å². The van der Waals surface area contributed by atoms with Gasteiger partial charge in [0.15, 0.2) is 5.78 Å². The van der Waals surface area contributed by atoms with Crippen molar-refractivity contribution in [3.8, 4) is 0 Å². The Kier molecular flexibility index (Phi) is 2.00. The van der Waals surface area contributed by atoms with Gasteiger partial charge in [0.05, 0.1) is 0 Å². The Balaban J connectivity index is 2.74. The molecule has 10 heavy (non-hydrogen) atoms. The van der Waals surface area contributed by atoms with E-state index in [9.17, 15) is 9.18 Å². The Morgan fingerprint density at radius 2 is 2.20 bits per heavy atom. The molecule has 0 aromatic heterocycles. The van der Waals surface area contributed by atoms with Gasteiger partial charge in [0.25, 0.3) is 0 Å². The van der Waals surface area contributed by atoms with Crippen LogP contribution in [0.3, 0.4) is 0 Å². The van der Waals surface area contributed by atoms with E-state index in [2.05, 4.69) is 0 Å². The van der Waals surface area contributed by atoms with Gasteiger partial charge in [-0.05, 0) is 25.0 Å². The van der Waals surface area contributed by atoms with Gasteiger partial charge in [0.1, 0.15) is 5.83 Å².